The number of nitrogens with one attached hydrogen (secondary N) is 2. The molecule has 132 valence electrons. The molecule has 1 heterocycles. The summed E-state index contributed by atoms with van der Waals surface area (Å²) in [4.78, 5) is 18.5. The normalized spacial score (nSPS) is 15.2. The third-order valence-electron chi connectivity index (χ3n) is 4.04. The first-order valence-electron chi connectivity index (χ1n) is 8.73. The van der Waals surface area contributed by atoms with Crippen LogP contribution in [0.15, 0.2) is 29.3 Å². The molecule has 5 nitrogen and oxygen atoms in total. The number of guanidine groups is 1. The Morgan fingerprint density at radius 1 is 1.17 bits per heavy atom. The standard InChI is InChI=1S/C18H27ClN4O/c1-2-20-18(21-11-10-15-6-8-16(19)9-7-15)22-14-17(24)23-12-4-3-5-13-23/h6-9H,2-5,10-14H2,1H3,(H2,20,21,22). The van der Waals surface area contributed by atoms with E-state index in [-0.39, 0.29) is 12.5 Å². The van der Waals surface area contributed by atoms with E-state index in [1.54, 1.807) is 0 Å². The largest absolute Gasteiger partial charge is 0.357 e. The minimum Gasteiger partial charge on any atom is -0.357 e. The van der Waals surface area contributed by atoms with Gasteiger partial charge in [-0.2, -0.15) is 0 Å². The number of amides is 1. The number of carbonyl (C=O) groups is 1. The smallest absolute Gasteiger partial charge is 0.244 e. The van der Waals surface area contributed by atoms with E-state index < -0.39 is 0 Å². The molecule has 0 aromatic heterocycles. The molecule has 1 aliphatic heterocycles. The highest BCUT2D eigenvalue weighted by molar-refractivity contribution is 6.30. The van der Waals surface area contributed by atoms with Crippen molar-refractivity contribution in [1.29, 1.82) is 0 Å². The van der Waals surface area contributed by atoms with Crippen molar-refractivity contribution in [3.05, 3.63) is 34.9 Å². The molecule has 0 unspecified atom stereocenters. The fourth-order valence-electron chi connectivity index (χ4n) is 2.71. The van der Waals surface area contributed by atoms with E-state index in [9.17, 15) is 4.79 Å². The van der Waals surface area contributed by atoms with Gasteiger partial charge in [0.25, 0.3) is 0 Å². The van der Waals surface area contributed by atoms with Gasteiger partial charge in [-0.15, -0.1) is 0 Å². The molecule has 0 atom stereocenters. The average molecular weight is 351 g/mol. The number of hydrogen-bond acceptors (Lipinski definition) is 2. The van der Waals surface area contributed by atoms with Crippen LogP contribution in [-0.2, 0) is 11.2 Å². The number of carbonyl (C=O) groups excluding carboxylic acids is 1. The maximum Gasteiger partial charge on any atom is 0.244 e. The van der Waals surface area contributed by atoms with Crippen LogP contribution in [0.25, 0.3) is 0 Å². The lowest BCUT2D eigenvalue weighted by atomic mass is 10.1. The van der Waals surface area contributed by atoms with Crippen molar-refractivity contribution < 1.29 is 4.79 Å². The van der Waals surface area contributed by atoms with Gasteiger partial charge in [-0.25, -0.2) is 4.99 Å². The highest BCUT2D eigenvalue weighted by Crippen LogP contribution is 2.10. The monoisotopic (exact) mass is 350 g/mol. The van der Waals surface area contributed by atoms with Crippen LogP contribution in [0, 0.1) is 0 Å². The van der Waals surface area contributed by atoms with Gasteiger partial charge in [0.05, 0.1) is 0 Å². The van der Waals surface area contributed by atoms with Crippen LogP contribution in [-0.4, -0.2) is 49.5 Å². The van der Waals surface area contributed by atoms with Crippen molar-refractivity contribution in [3.63, 3.8) is 0 Å². The molecule has 0 bridgehead atoms. The first-order chi connectivity index (χ1) is 11.7. The zero-order chi connectivity index (χ0) is 17.2. The summed E-state index contributed by atoms with van der Waals surface area (Å²) in [6.45, 7) is 5.49. The Labute approximate surface area is 149 Å². The third-order valence-corrected chi connectivity index (χ3v) is 4.30. The molecule has 6 heteroatoms. The molecule has 0 saturated carbocycles. The number of aliphatic imine (C=N–C) groups is 1. The third kappa shape index (κ3) is 6.40. The molecular weight excluding hydrogens is 324 g/mol. The summed E-state index contributed by atoms with van der Waals surface area (Å²) in [7, 11) is 0. The van der Waals surface area contributed by atoms with Gasteiger partial charge in [-0.3, -0.25) is 4.79 Å². The molecular formula is C18H27ClN4O. The van der Waals surface area contributed by atoms with E-state index in [1.807, 2.05) is 36.1 Å². The second-order valence-electron chi connectivity index (χ2n) is 5.94. The molecule has 24 heavy (non-hydrogen) atoms. The first-order valence-corrected chi connectivity index (χ1v) is 9.11. The Hall–Kier alpha value is -1.75. The Bertz CT molecular complexity index is 538. The van der Waals surface area contributed by atoms with Gasteiger partial charge in [-0.1, -0.05) is 23.7 Å². The van der Waals surface area contributed by atoms with Crippen LogP contribution in [0.4, 0.5) is 0 Å². The number of halogens is 1. The summed E-state index contributed by atoms with van der Waals surface area (Å²) in [5.41, 5.74) is 1.21. The van der Waals surface area contributed by atoms with Crippen molar-refractivity contribution in [3.8, 4) is 0 Å². The molecule has 0 spiro atoms. The zero-order valence-electron chi connectivity index (χ0n) is 14.4. The maximum absolute atomic E-state index is 12.2. The fourth-order valence-corrected chi connectivity index (χ4v) is 2.83. The van der Waals surface area contributed by atoms with Gasteiger partial charge in [0.2, 0.25) is 5.91 Å². The van der Waals surface area contributed by atoms with Crippen LogP contribution < -0.4 is 10.6 Å². The van der Waals surface area contributed by atoms with Gasteiger partial charge in [0.15, 0.2) is 5.96 Å². The summed E-state index contributed by atoms with van der Waals surface area (Å²) < 4.78 is 0. The second kappa shape index (κ2) is 10.2. The predicted molar refractivity (Wildman–Crippen MR) is 99.6 cm³/mol. The van der Waals surface area contributed by atoms with E-state index in [0.717, 1.165) is 50.5 Å². The quantitative estimate of drug-likeness (QED) is 0.612. The molecule has 0 radical (unpaired) electrons. The second-order valence-corrected chi connectivity index (χ2v) is 6.38. The van der Waals surface area contributed by atoms with Crippen LogP contribution >= 0.6 is 11.6 Å². The highest BCUT2D eigenvalue weighted by atomic mass is 35.5. The van der Waals surface area contributed by atoms with Gasteiger partial charge < -0.3 is 15.5 Å². The summed E-state index contributed by atoms with van der Waals surface area (Å²) in [6.07, 6.45) is 4.31. The van der Waals surface area contributed by atoms with Gasteiger partial charge in [0, 0.05) is 31.2 Å². The molecule has 1 aromatic carbocycles. The van der Waals surface area contributed by atoms with Crippen LogP contribution in [0.3, 0.4) is 0 Å². The highest BCUT2D eigenvalue weighted by Gasteiger charge is 2.15. The molecule has 1 aromatic rings. The van der Waals surface area contributed by atoms with Crippen LogP contribution in [0.1, 0.15) is 31.7 Å². The van der Waals surface area contributed by atoms with E-state index >= 15 is 0 Å². The molecule has 1 saturated heterocycles. The SMILES string of the molecule is CCNC(=NCC(=O)N1CCCCC1)NCCc1ccc(Cl)cc1. The first kappa shape index (κ1) is 18.6. The molecule has 1 amide bonds. The van der Waals surface area contributed by atoms with Crippen LogP contribution in [0.5, 0.6) is 0 Å². The van der Waals surface area contributed by atoms with E-state index in [2.05, 4.69) is 15.6 Å². The fraction of sp³-hybridized carbons (Fsp3) is 0.556. The molecule has 2 N–H and O–H groups in total. The van der Waals surface area contributed by atoms with Gasteiger partial charge in [0.1, 0.15) is 6.54 Å². The molecule has 2 rings (SSSR count). The van der Waals surface area contributed by atoms with Crippen molar-refractivity contribution in [2.24, 2.45) is 4.99 Å². The Balaban J connectivity index is 1.79. The van der Waals surface area contributed by atoms with Crippen molar-refractivity contribution in [2.75, 3.05) is 32.7 Å². The van der Waals surface area contributed by atoms with Crippen molar-refractivity contribution in [1.82, 2.24) is 15.5 Å². The number of nitrogens with zero attached hydrogens (tertiary/aromatic N) is 2. The lowest BCUT2D eigenvalue weighted by Crippen LogP contribution is -2.41. The van der Waals surface area contributed by atoms with Crippen LogP contribution in [0.2, 0.25) is 5.02 Å². The Morgan fingerprint density at radius 2 is 1.88 bits per heavy atom. The zero-order valence-corrected chi connectivity index (χ0v) is 15.1. The Kier molecular flexibility index (Phi) is 7.89. The van der Waals surface area contributed by atoms with Gasteiger partial charge in [-0.05, 0) is 50.3 Å². The topological polar surface area (TPSA) is 56.7 Å². The van der Waals surface area contributed by atoms with E-state index in [1.165, 1.54) is 12.0 Å². The average Bonchev–Trinajstić information content (AvgIpc) is 2.62. The number of hydrogen-bond donors (Lipinski definition) is 2. The Morgan fingerprint density at radius 3 is 2.54 bits per heavy atom. The van der Waals surface area contributed by atoms with Crippen molar-refractivity contribution in [2.45, 2.75) is 32.6 Å². The summed E-state index contributed by atoms with van der Waals surface area (Å²) in [6, 6.07) is 7.84. The molecule has 0 aliphatic carbocycles. The number of benzene rings is 1. The van der Waals surface area contributed by atoms with Crippen molar-refractivity contribution >= 4 is 23.5 Å². The van der Waals surface area contributed by atoms with E-state index in [0.29, 0.717) is 5.96 Å². The lowest BCUT2D eigenvalue weighted by Gasteiger charge is -2.26. The molecule has 1 fully saturated rings. The predicted octanol–water partition coefficient (Wildman–Crippen LogP) is 2.45. The summed E-state index contributed by atoms with van der Waals surface area (Å²) >= 11 is 5.89. The number of likely N-dealkylation sites (tertiary alicyclic amines) is 1. The summed E-state index contributed by atoms with van der Waals surface area (Å²) in [5, 5.41) is 7.21. The molecule has 1 aliphatic rings. The van der Waals surface area contributed by atoms with Gasteiger partial charge >= 0.3 is 0 Å². The lowest BCUT2D eigenvalue weighted by molar-refractivity contribution is -0.130. The minimum atomic E-state index is 0.115. The maximum atomic E-state index is 12.2. The number of piperidine rings is 1. The van der Waals surface area contributed by atoms with E-state index in [4.69, 9.17) is 11.6 Å². The minimum absolute atomic E-state index is 0.115. The number of rotatable bonds is 6. The summed E-state index contributed by atoms with van der Waals surface area (Å²) in [5.74, 6) is 0.807.